The number of aromatic nitrogens is 2. The highest BCUT2D eigenvalue weighted by atomic mass is 32.2. The first-order valence-corrected chi connectivity index (χ1v) is 10.5. The van der Waals surface area contributed by atoms with Gasteiger partial charge < -0.3 is 10.6 Å². The van der Waals surface area contributed by atoms with Crippen molar-refractivity contribution in [3.05, 3.63) is 83.8 Å². The zero-order chi connectivity index (χ0) is 20.7. The van der Waals surface area contributed by atoms with E-state index >= 15 is 0 Å². The second-order valence-corrected chi connectivity index (χ2v) is 7.86. The number of hydrogen-bond donors (Lipinski definition) is 3. The first-order chi connectivity index (χ1) is 13.9. The maximum absolute atomic E-state index is 12.6. The highest BCUT2D eigenvalue weighted by molar-refractivity contribution is 7.89. The molecule has 0 atom stereocenters. The van der Waals surface area contributed by atoms with Gasteiger partial charge in [-0.05, 0) is 53.9 Å². The molecule has 3 aromatic rings. The summed E-state index contributed by atoms with van der Waals surface area (Å²) in [5.74, 6) is 0.260. The van der Waals surface area contributed by atoms with Crippen molar-refractivity contribution in [2.45, 2.75) is 17.9 Å². The Morgan fingerprint density at radius 1 is 0.966 bits per heavy atom. The molecule has 1 amide bonds. The number of nitrogens with zero attached hydrogens (tertiary/aromatic N) is 2. The van der Waals surface area contributed by atoms with E-state index in [1.807, 2.05) is 12.1 Å². The minimum absolute atomic E-state index is 0.0607. The maximum atomic E-state index is 12.6. The van der Waals surface area contributed by atoms with Gasteiger partial charge >= 0.3 is 0 Å². The molecule has 4 N–H and O–H groups in total. The Hall–Kier alpha value is -3.30. The summed E-state index contributed by atoms with van der Waals surface area (Å²) < 4.78 is 22.6. The molecular weight excluding hydrogens is 390 g/mol. The normalized spacial score (nSPS) is 11.1. The molecule has 0 fully saturated rings. The van der Waals surface area contributed by atoms with Crippen LogP contribution in [0.1, 0.15) is 21.5 Å². The van der Waals surface area contributed by atoms with Crippen molar-refractivity contribution in [1.82, 2.24) is 15.3 Å². The van der Waals surface area contributed by atoms with Gasteiger partial charge in [0, 0.05) is 31.7 Å². The summed E-state index contributed by atoms with van der Waals surface area (Å²) >= 11 is 0. The summed E-state index contributed by atoms with van der Waals surface area (Å²) in [4.78, 5) is 20.9. The fraction of sp³-hybridized carbons (Fsp3) is 0.150. The van der Waals surface area contributed by atoms with Crippen LogP contribution in [0, 0.1) is 0 Å². The number of primary sulfonamides is 1. The largest absolute Gasteiger partial charge is 0.365 e. The van der Waals surface area contributed by atoms with Gasteiger partial charge in [-0.25, -0.2) is 18.5 Å². The van der Waals surface area contributed by atoms with Gasteiger partial charge in [-0.3, -0.25) is 9.78 Å². The van der Waals surface area contributed by atoms with Crippen LogP contribution in [0.25, 0.3) is 0 Å². The summed E-state index contributed by atoms with van der Waals surface area (Å²) in [5, 5.41) is 11.1. The van der Waals surface area contributed by atoms with E-state index < -0.39 is 10.0 Å². The highest BCUT2D eigenvalue weighted by Crippen LogP contribution is 2.13. The SMILES string of the molecule is NS(=O)(=O)c1ccc(CCNC(=O)c2cccnc2NCc2ccncc2)cc1. The van der Waals surface area contributed by atoms with Gasteiger partial charge in [0.2, 0.25) is 10.0 Å². The lowest BCUT2D eigenvalue weighted by Crippen LogP contribution is -2.27. The lowest BCUT2D eigenvalue weighted by atomic mass is 10.1. The van der Waals surface area contributed by atoms with Crippen molar-refractivity contribution in [3.8, 4) is 0 Å². The molecule has 0 bridgehead atoms. The lowest BCUT2D eigenvalue weighted by Gasteiger charge is -2.11. The van der Waals surface area contributed by atoms with E-state index in [1.165, 1.54) is 12.1 Å². The Kier molecular flexibility index (Phi) is 6.53. The lowest BCUT2D eigenvalue weighted by molar-refractivity contribution is 0.0954. The number of carbonyl (C=O) groups is 1. The van der Waals surface area contributed by atoms with Crippen molar-refractivity contribution in [2.24, 2.45) is 5.14 Å². The monoisotopic (exact) mass is 411 g/mol. The topological polar surface area (TPSA) is 127 Å². The molecule has 150 valence electrons. The Balaban J connectivity index is 1.57. The zero-order valence-electron chi connectivity index (χ0n) is 15.6. The number of rotatable bonds is 8. The van der Waals surface area contributed by atoms with E-state index in [9.17, 15) is 13.2 Å². The van der Waals surface area contributed by atoms with Crippen LogP contribution in [-0.2, 0) is 23.0 Å². The van der Waals surface area contributed by atoms with Crippen LogP contribution < -0.4 is 15.8 Å². The third kappa shape index (κ3) is 5.84. The molecule has 9 heteroatoms. The molecule has 2 heterocycles. The number of anilines is 1. The van der Waals surface area contributed by atoms with Crippen molar-refractivity contribution in [1.29, 1.82) is 0 Å². The third-order valence-electron chi connectivity index (χ3n) is 4.21. The Morgan fingerprint density at radius 3 is 2.38 bits per heavy atom. The van der Waals surface area contributed by atoms with Crippen LogP contribution in [0.4, 0.5) is 5.82 Å². The average molecular weight is 411 g/mol. The van der Waals surface area contributed by atoms with E-state index in [-0.39, 0.29) is 10.8 Å². The van der Waals surface area contributed by atoms with E-state index in [0.29, 0.717) is 30.9 Å². The predicted molar refractivity (Wildman–Crippen MR) is 110 cm³/mol. The molecule has 0 unspecified atom stereocenters. The number of amides is 1. The average Bonchev–Trinajstić information content (AvgIpc) is 2.73. The van der Waals surface area contributed by atoms with Gasteiger partial charge in [-0.15, -0.1) is 0 Å². The molecule has 3 rings (SSSR count). The summed E-state index contributed by atoms with van der Waals surface area (Å²) in [5.41, 5.74) is 2.37. The molecule has 0 saturated carbocycles. The third-order valence-corrected chi connectivity index (χ3v) is 5.14. The Morgan fingerprint density at radius 2 is 1.69 bits per heavy atom. The van der Waals surface area contributed by atoms with Crippen LogP contribution in [0.15, 0.2) is 72.0 Å². The van der Waals surface area contributed by atoms with Crippen molar-refractivity contribution >= 4 is 21.7 Å². The second kappa shape index (κ2) is 9.26. The molecule has 0 spiro atoms. The van der Waals surface area contributed by atoms with E-state index in [2.05, 4.69) is 20.6 Å². The van der Waals surface area contributed by atoms with E-state index in [1.54, 1.807) is 42.9 Å². The number of pyridine rings is 2. The quantitative estimate of drug-likeness (QED) is 0.518. The van der Waals surface area contributed by atoms with Crippen molar-refractivity contribution in [3.63, 3.8) is 0 Å². The van der Waals surface area contributed by atoms with E-state index in [4.69, 9.17) is 5.14 Å². The number of carbonyl (C=O) groups excluding carboxylic acids is 1. The first-order valence-electron chi connectivity index (χ1n) is 8.91. The molecule has 0 saturated heterocycles. The van der Waals surface area contributed by atoms with Crippen LogP contribution in [0.3, 0.4) is 0 Å². The Bertz CT molecular complexity index is 1070. The fourth-order valence-corrected chi connectivity index (χ4v) is 3.19. The molecule has 0 radical (unpaired) electrons. The number of hydrogen-bond acceptors (Lipinski definition) is 6. The van der Waals surface area contributed by atoms with Gasteiger partial charge in [0.15, 0.2) is 0 Å². The minimum atomic E-state index is -3.71. The summed E-state index contributed by atoms with van der Waals surface area (Å²) in [6.45, 7) is 0.919. The van der Waals surface area contributed by atoms with E-state index in [0.717, 1.165) is 11.1 Å². The van der Waals surface area contributed by atoms with Gasteiger partial charge in [-0.2, -0.15) is 0 Å². The van der Waals surface area contributed by atoms with Gasteiger partial charge in [-0.1, -0.05) is 12.1 Å². The Labute approximate surface area is 169 Å². The predicted octanol–water partition coefficient (Wildman–Crippen LogP) is 1.71. The smallest absolute Gasteiger partial charge is 0.255 e. The fourth-order valence-electron chi connectivity index (χ4n) is 2.68. The highest BCUT2D eigenvalue weighted by Gasteiger charge is 2.12. The second-order valence-electron chi connectivity index (χ2n) is 6.30. The molecular formula is C20H21N5O3S. The summed E-state index contributed by atoms with van der Waals surface area (Å²) in [7, 11) is -3.71. The standard InChI is InChI=1S/C20H21N5O3S/c21-29(27,28)17-5-3-15(4-6-17)9-13-24-20(26)18-2-1-10-23-19(18)25-14-16-7-11-22-12-8-16/h1-8,10-12H,9,13-14H2,(H,23,25)(H,24,26)(H2,21,27,28). The molecule has 8 nitrogen and oxygen atoms in total. The first kappa shape index (κ1) is 20.4. The number of sulfonamides is 1. The molecule has 2 aromatic heterocycles. The molecule has 0 aliphatic carbocycles. The van der Waals surface area contributed by atoms with Gasteiger partial charge in [0.1, 0.15) is 5.82 Å². The molecule has 0 aliphatic heterocycles. The summed E-state index contributed by atoms with van der Waals surface area (Å²) in [6.07, 6.45) is 5.59. The van der Waals surface area contributed by atoms with Crippen LogP contribution >= 0.6 is 0 Å². The minimum Gasteiger partial charge on any atom is -0.365 e. The molecule has 29 heavy (non-hydrogen) atoms. The zero-order valence-corrected chi connectivity index (χ0v) is 16.4. The number of nitrogens with one attached hydrogen (secondary N) is 2. The van der Waals surface area contributed by atoms with Crippen molar-refractivity contribution < 1.29 is 13.2 Å². The van der Waals surface area contributed by atoms with Crippen LogP contribution in [-0.4, -0.2) is 30.8 Å². The number of benzene rings is 1. The van der Waals surface area contributed by atoms with Crippen LogP contribution in [0.2, 0.25) is 0 Å². The summed E-state index contributed by atoms with van der Waals surface area (Å²) in [6, 6.07) is 13.4. The molecule has 1 aromatic carbocycles. The molecule has 0 aliphatic rings. The maximum Gasteiger partial charge on any atom is 0.255 e. The van der Waals surface area contributed by atoms with Gasteiger partial charge in [0.25, 0.3) is 5.91 Å². The van der Waals surface area contributed by atoms with Crippen LogP contribution in [0.5, 0.6) is 0 Å². The van der Waals surface area contributed by atoms with Crippen molar-refractivity contribution in [2.75, 3.05) is 11.9 Å². The number of nitrogens with two attached hydrogens (primary N) is 1. The van der Waals surface area contributed by atoms with Gasteiger partial charge in [0.05, 0.1) is 10.5 Å².